The Labute approximate surface area is 97.4 Å². The molecule has 0 N–H and O–H groups in total. The van der Waals surface area contributed by atoms with Gasteiger partial charge in [0.15, 0.2) is 0 Å². The molecule has 0 amide bonds. The van der Waals surface area contributed by atoms with Crippen molar-refractivity contribution in [3.05, 3.63) is 16.5 Å². The molecule has 0 radical (unpaired) electrons. The lowest BCUT2D eigenvalue weighted by molar-refractivity contribution is -0.139. The number of carbonyl (C=O) groups excluding carboxylic acids is 1. The van der Waals surface area contributed by atoms with Gasteiger partial charge in [-0.3, -0.25) is 4.79 Å². The highest BCUT2D eigenvalue weighted by molar-refractivity contribution is 7.98. The number of halogens is 1. The topological polar surface area (TPSA) is 52.1 Å². The summed E-state index contributed by atoms with van der Waals surface area (Å²) < 4.78 is 4.58. The zero-order chi connectivity index (χ0) is 11.4. The Morgan fingerprint density at radius 2 is 2.20 bits per heavy atom. The van der Waals surface area contributed by atoms with Gasteiger partial charge in [-0.25, -0.2) is 9.97 Å². The van der Waals surface area contributed by atoms with Gasteiger partial charge in [0.1, 0.15) is 16.0 Å². The maximum atomic E-state index is 11.1. The fourth-order valence-electron chi connectivity index (χ4n) is 1.07. The fourth-order valence-corrected chi connectivity index (χ4v) is 2.04. The summed E-state index contributed by atoms with van der Waals surface area (Å²) in [6.45, 7) is 1.76. The number of nitrogens with zero attached hydrogens (tertiary/aromatic N) is 2. The first-order valence-electron chi connectivity index (χ1n) is 4.22. The molecule has 0 spiro atoms. The van der Waals surface area contributed by atoms with E-state index in [9.17, 15) is 4.79 Å². The smallest absolute Gasteiger partial charge is 0.310 e. The highest BCUT2D eigenvalue weighted by Gasteiger charge is 2.14. The molecule has 0 aliphatic rings. The summed E-state index contributed by atoms with van der Waals surface area (Å²) in [7, 11) is 1.34. The van der Waals surface area contributed by atoms with Crippen LogP contribution >= 0.6 is 23.4 Å². The Kier molecular flexibility index (Phi) is 4.35. The molecule has 0 saturated heterocycles. The Balaban J connectivity index is 3.09. The van der Waals surface area contributed by atoms with Gasteiger partial charge >= 0.3 is 5.97 Å². The van der Waals surface area contributed by atoms with Crippen molar-refractivity contribution in [2.75, 3.05) is 13.4 Å². The van der Waals surface area contributed by atoms with E-state index in [1.807, 2.05) is 6.26 Å². The number of ether oxygens (including phenoxy) is 1. The van der Waals surface area contributed by atoms with Crippen molar-refractivity contribution >= 4 is 29.3 Å². The third kappa shape index (κ3) is 3.07. The van der Waals surface area contributed by atoms with Gasteiger partial charge in [-0.15, -0.1) is 11.8 Å². The van der Waals surface area contributed by atoms with Crippen molar-refractivity contribution in [3.63, 3.8) is 0 Å². The van der Waals surface area contributed by atoms with E-state index >= 15 is 0 Å². The number of aromatic nitrogens is 2. The molecule has 82 valence electrons. The molecule has 1 heterocycles. The minimum atomic E-state index is -0.348. The molecule has 0 aliphatic heterocycles. The molecule has 15 heavy (non-hydrogen) atoms. The molecule has 0 fully saturated rings. The molecular weight excluding hydrogens is 236 g/mol. The van der Waals surface area contributed by atoms with Crippen LogP contribution in [0.15, 0.2) is 5.03 Å². The van der Waals surface area contributed by atoms with Gasteiger partial charge in [-0.1, -0.05) is 11.6 Å². The van der Waals surface area contributed by atoms with Crippen LogP contribution in [0.4, 0.5) is 0 Å². The standard InChI is InChI=1S/C9H11ClN2O2S/c1-5-11-8(10)6(4-7(13)14-2)9(12-5)15-3/h4H2,1-3H3. The van der Waals surface area contributed by atoms with Crippen LogP contribution in [0.2, 0.25) is 5.15 Å². The molecule has 0 saturated carbocycles. The Morgan fingerprint density at radius 3 is 2.73 bits per heavy atom. The van der Waals surface area contributed by atoms with E-state index in [2.05, 4.69) is 14.7 Å². The molecule has 1 aromatic heterocycles. The van der Waals surface area contributed by atoms with E-state index in [1.54, 1.807) is 6.92 Å². The van der Waals surface area contributed by atoms with Gasteiger partial charge in [0.2, 0.25) is 0 Å². The van der Waals surface area contributed by atoms with Gasteiger partial charge in [0.25, 0.3) is 0 Å². The largest absolute Gasteiger partial charge is 0.469 e. The summed E-state index contributed by atoms with van der Waals surface area (Å²) in [5.74, 6) is 0.248. The van der Waals surface area contributed by atoms with Crippen LogP contribution in [0.1, 0.15) is 11.4 Å². The second kappa shape index (κ2) is 5.32. The third-order valence-corrected chi connectivity index (χ3v) is 2.81. The molecule has 0 unspecified atom stereocenters. The Hall–Kier alpha value is -0.810. The maximum absolute atomic E-state index is 11.1. The maximum Gasteiger partial charge on any atom is 0.310 e. The van der Waals surface area contributed by atoms with Gasteiger partial charge in [0, 0.05) is 5.56 Å². The number of esters is 1. The van der Waals surface area contributed by atoms with Crippen molar-refractivity contribution in [1.82, 2.24) is 9.97 Å². The van der Waals surface area contributed by atoms with E-state index in [0.29, 0.717) is 16.5 Å². The predicted molar refractivity (Wildman–Crippen MR) is 59.3 cm³/mol. The fraction of sp³-hybridized carbons (Fsp3) is 0.444. The first-order valence-corrected chi connectivity index (χ1v) is 5.82. The van der Waals surface area contributed by atoms with Crippen molar-refractivity contribution in [2.24, 2.45) is 0 Å². The number of hydrogen-bond donors (Lipinski definition) is 0. The summed E-state index contributed by atoms with van der Waals surface area (Å²) in [5.41, 5.74) is 0.626. The number of rotatable bonds is 3. The van der Waals surface area contributed by atoms with Crippen LogP contribution in [-0.2, 0) is 16.0 Å². The van der Waals surface area contributed by atoms with E-state index < -0.39 is 0 Å². The molecule has 0 atom stereocenters. The molecular formula is C9H11ClN2O2S. The highest BCUT2D eigenvalue weighted by atomic mass is 35.5. The molecule has 4 nitrogen and oxygen atoms in total. The van der Waals surface area contributed by atoms with Crippen molar-refractivity contribution in [2.45, 2.75) is 18.4 Å². The molecule has 1 rings (SSSR count). The average Bonchev–Trinajstić information content (AvgIpc) is 2.21. The monoisotopic (exact) mass is 246 g/mol. The van der Waals surface area contributed by atoms with Gasteiger partial charge in [-0.2, -0.15) is 0 Å². The van der Waals surface area contributed by atoms with Crippen LogP contribution in [0.25, 0.3) is 0 Å². The normalized spacial score (nSPS) is 10.1. The summed E-state index contributed by atoms with van der Waals surface area (Å²) in [6.07, 6.45) is 1.98. The van der Waals surface area contributed by atoms with E-state index in [0.717, 1.165) is 5.03 Å². The Morgan fingerprint density at radius 1 is 1.53 bits per heavy atom. The summed E-state index contributed by atoms with van der Waals surface area (Å²) in [5, 5.41) is 1.04. The number of methoxy groups -OCH3 is 1. The summed E-state index contributed by atoms with van der Waals surface area (Å²) in [6, 6.07) is 0. The minimum absolute atomic E-state index is 0.103. The van der Waals surface area contributed by atoms with Crippen LogP contribution in [-0.4, -0.2) is 29.3 Å². The zero-order valence-electron chi connectivity index (χ0n) is 8.70. The van der Waals surface area contributed by atoms with Gasteiger partial charge < -0.3 is 4.74 Å². The zero-order valence-corrected chi connectivity index (χ0v) is 10.3. The van der Waals surface area contributed by atoms with Crippen molar-refractivity contribution < 1.29 is 9.53 Å². The van der Waals surface area contributed by atoms with Crippen molar-refractivity contribution in [1.29, 1.82) is 0 Å². The summed E-state index contributed by atoms with van der Waals surface area (Å²) in [4.78, 5) is 19.3. The lowest BCUT2D eigenvalue weighted by Crippen LogP contribution is -2.08. The summed E-state index contributed by atoms with van der Waals surface area (Å²) >= 11 is 7.38. The average molecular weight is 247 g/mol. The van der Waals surface area contributed by atoms with E-state index in [1.165, 1.54) is 18.9 Å². The lowest BCUT2D eigenvalue weighted by Gasteiger charge is -2.07. The SMILES string of the molecule is COC(=O)Cc1c(Cl)nc(C)nc1SC. The number of aryl methyl sites for hydroxylation is 1. The first kappa shape index (κ1) is 12.3. The number of thioether (sulfide) groups is 1. The molecule has 1 aromatic rings. The molecule has 0 aromatic carbocycles. The number of carbonyl (C=O) groups is 1. The quantitative estimate of drug-likeness (QED) is 0.463. The first-order chi connectivity index (χ1) is 7.08. The Bertz CT molecular complexity index is 385. The van der Waals surface area contributed by atoms with Crippen LogP contribution in [0.5, 0.6) is 0 Å². The van der Waals surface area contributed by atoms with Crippen LogP contribution < -0.4 is 0 Å². The minimum Gasteiger partial charge on any atom is -0.469 e. The highest BCUT2D eigenvalue weighted by Crippen LogP contribution is 2.24. The second-order valence-electron chi connectivity index (χ2n) is 2.80. The van der Waals surface area contributed by atoms with Gasteiger partial charge in [-0.05, 0) is 13.2 Å². The third-order valence-electron chi connectivity index (χ3n) is 1.77. The van der Waals surface area contributed by atoms with Crippen LogP contribution in [0.3, 0.4) is 0 Å². The number of hydrogen-bond acceptors (Lipinski definition) is 5. The second-order valence-corrected chi connectivity index (χ2v) is 3.96. The molecule has 6 heteroatoms. The molecule has 0 bridgehead atoms. The predicted octanol–water partition coefficient (Wildman–Crippen LogP) is 1.88. The van der Waals surface area contributed by atoms with Crippen LogP contribution in [0, 0.1) is 6.92 Å². The van der Waals surface area contributed by atoms with E-state index in [4.69, 9.17) is 11.6 Å². The molecule has 0 aliphatic carbocycles. The lowest BCUT2D eigenvalue weighted by atomic mass is 10.2. The van der Waals surface area contributed by atoms with Gasteiger partial charge in [0.05, 0.1) is 13.5 Å². The van der Waals surface area contributed by atoms with E-state index in [-0.39, 0.29) is 12.4 Å². The van der Waals surface area contributed by atoms with Crippen molar-refractivity contribution in [3.8, 4) is 0 Å².